The van der Waals surface area contributed by atoms with Crippen LogP contribution in [0.1, 0.15) is 5.56 Å². The second kappa shape index (κ2) is 5.14. The molecule has 1 aromatic heterocycles. The van der Waals surface area contributed by atoms with Gasteiger partial charge in [0.15, 0.2) is 5.82 Å². The molecule has 4 nitrogen and oxygen atoms in total. The van der Waals surface area contributed by atoms with E-state index in [1.165, 1.54) is 12.3 Å². The van der Waals surface area contributed by atoms with E-state index in [2.05, 4.69) is 20.5 Å². The number of benzene rings is 1. The first-order valence-electron chi connectivity index (χ1n) is 4.92. The minimum atomic E-state index is -4.52. The normalized spacial score (nSPS) is 11.4. The third kappa shape index (κ3) is 3.42. The fourth-order valence-electron chi connectivity index (χ4n) is 1.34. The van der Waals surface area contributed by atoms with Crippen LogP contribution in [0.5, 0.6) is 0 Å². The zero-order valence-electron chi connectivity index (χ0n) is 9.12. The maximum absolute atomic E-state index is 12.7. The third-order valence-corrected chi connectivity index (χ3v) is 2.63. The number of nitrogens with zero attached hydrogens (tertiary/aromatic N) is 2. The van der Waals surface area contributed by atoms with Gasteiger partial charge in [-0.25, -0.2) is 0 Å². The molecule has 1 heterocycles. The molecule has 19 heavy (non-hydrogen) atoms. The van der Waals surface area contributed by atoms with Crippen molar-refractivity contribution in [2.45, 2.75) is 6.18 Å². The number of halogens is 4. The van der Waals surface area contributed by atoms with Crippen molar-refractivity contribution in [3.8, 4) is 0 Å². The molecule has 0 bridgehead atoms. The van der Waals surface area contributed by atoms with Gasteiger partial charge in [-0.3, -0.25) is 5.10 Å². The van der Waals surface area contributed by atoms with Gasteiger partial charge in [0.1, 0.15) is 0 Å². The number of aromatic amines is 1. The van der Waals surface area contributed by atoms with Crippen molar-refractivity contribution in [1.82, 2.24) is 15.2 Å². The molecule has 2 aromatic rings. The monoisotopic (exact) mass is 306 g/mol. The van der Waals surface area contributed by atoms with Crippen molar-refractivity contribution in [2.24, 2.45) is 0 Å². The average molecular weight is 307 g/mol. The number of aromatic nitrogens is 3. The SMILES string of the molecule is FC(F)(F)c1cc(Nc2cn[nH]c(=S)n2)ccc1Cl. The maximum atomic E-state index is 12.7. The molecule has 0 unspecified atom stereocenters. The van der Waals surface area contributed by atoms with E-state index in [9.17, 15) is 13.2 Å². The fourth-order valence-corrected chi connectivity index (χ4v) is 1.72. The maximum Gasteiger partial charge on any atom is 0.417 e. The predicted octanol–water partition coefficient (Wildman–Crippen LogP) is 3.95. The number of hydrogen-bond acceptors (Lipinski definition) is 4. The topological polar surface area (TPSA) is 53.6 Å². The number of alkyl halides is 3. The Kier molecular flexibility index (Phi) is 3.72. The number of rotatable bonds is 2. The van der Waals surface area contributed by atoms with Crippen LogP contribution in [-0.2, 0) is 6.18 Å². The Morgan fingerprint density at radius 1 is 1.32 bits per heavy atom. The Morgan fingerprint density at radius 2 is 2.05 bits per heavy atom. The van der Waals surface area contributed by atoms with E-state index in [-0.39, 0.29) is 21.3 Å². The summed E-state index contributed by atoms with van der Waals surface area (Å²) in [6.45, 7) is 0. The van der Waals surface area contributed by atoms with Gasteiger partial charge in [0.05, 0.1) is 16.8 Å². The molecular formula is C10H6ClF3N4S. The van der Waals surface area contributed by atoms with Crippen LogP contribution in [0.2, 0.25) is 5.02 Å². The van der Waals surface area contributed by atoms with Gasteiger partial charge in [-0.05, 0) is 30.4 Å². The van der Waals surface area contributed by atoms with Crippen molar-refractivity contribution >= 4 is 35.3 Å². The second-order valence-corrected chi connectivity index (χ2v) is 4.28. The standard InChI is InChI=1S/C10H6ClF3N4S/c11-7-2-1-5(3-6(7)10(12,13)14)16-8-4-15-18-9(19)17-8/h1-4H,(H2,16,17,18,19). The summed E-state index contributed by atoms with van der Waals surface area (Å²) in [5.74, 6) is 0.235. The Balaban J connectivity index is 2.34. The van der Waals surface area contributed by atoms with Crippen LogP contribution in [0, 0.1) is 4.77 Å². The van der Waals surface area contributed by atoms with E-state index in [1.54, 1.807) is 0 Å². The highest BCUT2D eigenvalue weighted by molar-refractivity contribution is 7.71. The molecule has 2 rings (SSSR count). The summed E-state index contributed by atoms with van der Waals surface area (Å²) in [5, 5.41) is 8.38. The van der Waals surface area contributed by atoms with Crippen molar-refractivity contribution < 1.29 is 13.2 Å². The summed E-state index contributed by atoms with van der Waals surface area (Å²) in [5.41, 5.74) is -0.736. The van der Waals surface area contributed by atoms with Crippen molar-refractivity contribution in [3.05, 3.63) is 39.8 Å². The van der Waals surface area contributed by atoms with Crippen molar-refractivity contribution in [2.75, 3.05) is 5.32 Å². The lowest BCUT2D eigenvalue weighted by Gasteiger charge is -2.11. The predicted molar refractivity (Wildman–Crippen MR) is 67.0 cm³/mol. The molecule has 0 saturated heterocycles. The zero-order valence-corrected chi connectivity index (χ0v) is 10.7. The minimum Gasteiger partial charge on any atom is -0.339 e. The molecule has 2 N–H and O–H groups in total. The first-order valence-corrected chi connectivity index (χ1v) is 5.70. The quantitative estimate of drug-likeness (QED) is 0.825. The number of hydrogen-bond donors (Lipinski definition) is 2. The van der Waals surface area contributed by atoms with Gasteiger partial charge in [-0.1, -0.05) is 11.6 Å². The van der Waals surface area contributed by atoms with Gasteiger partial charge in [0, 0.05) is 5.69 Å². The van der Waals surface area contributed by atoms with Gasteiger partial charge in [-0.15, -0.1) is 0 Å². The summed E-state index contributed by atoms with van der Waals surface area (Å²) in [7, 11) is 0. The van der Waals surface area contributed by atoms with Crippen molar-refractivity contribution in [3.63, 3.8) is 0 Å². The van der Waals surface area contributed by atoms with E-state index >= 15 is 0 Å². The molecule has 0 saturated carbocycles. The molecule has 0 spiro atoms. The summed E-state index contributed by atoms with van der Waals surface area (Å²) in [6, 6.07) is 3.45. The molecule has 0 radical (unpaired) electrons. The Labute approximate surface area is 115 Å². The summed E-state index contributed by atoms with van der Waals surface area (Å²) in [4.78, 5) is 3.85. The molecule has 100 valence electrons. The van der Waals surface area contributed by atoms with Crippen LogP contribution in [0.25, 0.3) is 0 Å². The molecule has 1 aromatic carbocycles. The molecular weight excluding hydrogens is 301 g/mol. The van der Waals surface area contributed by atoms with Crippen molar-refractivity contribution in [1.29, 1.82) is 0 Å². The first kappa shape index (κ1) is 13.8. The van der Waals surface area contributed by atoms with Gasteiger partial charge < -0.3 is 5.32 Å². The fraction of sp³-hybridized carbons (Fsp3) is 0.100. The molecule has 0 aliphatic rings. The summed E-state index contributed by atoms with van der Waals surface area (Å²) >= 11 is 10.3. The average Bonchev–Trinajstić information content (AvgIpc) is 2.30. The third-order valence-electron chi connectivity index (χ3n) is 2.11. The highest BCUT2D eigenvalue weighted by atomic mass is 35.5. The highest BCUT2D eigenvalue weighted by Gasteiger charge is 2.33. The molecule has 0 fully saturated rings. The lowest BCUT2D eigenvalue weighted by atomic mass is 10.2. The first-order chi connectivity index (χ1) is 8.86. The lowest BCUT2D eigenvalue weighted by Crippen LogP contribution is -2.06. The zero-order chi connectivity index (χ0) is 14.0. The van der Waals surface area contributed by atoms with E-state index in [1.807, 2.05) is 0 Å². The minimum absolute atomic E-state index is 0.120. The number of nitrogens with one attached hydrogen (secondary N) is 2. The van der Waals surface area contributed by atoms with Gasteiger partial charge in [0.25, 0.3) is 0 Å². The van der Waals surface area contributed by atoms with Crippen LogP contribution >= 0.6 is 23.8 Å². The second-order valence-electron chi connectivity index (χ2n) is 3.49. The van der Waals surface area contributed by atoms with E-state index in [0.717, 1.165) is 12.1 Å². The number of H-pyrrole nitrogens is 1. The molecule has 0 amide bonds. The molecule has 0 aliphatic carbocycles. The van der Waals surface area contributed by atoms with Gasteiger partial charge in [-0.2, -0.15) is 23.3 Å². The molecule has 9 heteroatoms. The van der Waals surface area contributed by atoms with Crippen LogP contribution in [-0.4, -0.2) is 15.2 Å². The van der Waals surface area contributed by atoms with Gasteiger partial charge >= 0.3 is 6.18 Å². The summed E-state index contributed by atoms with van der Waals surface area (Å²) in [6.07, 6.45) is -3.22. The summed E-state index contributed by atoms with van der Waals surface area (Å²) < 4.78 is 38.1. The van der Waals surface area contributed by atoms with Crippen LogP contribution in [0.4, 0.5) is 24.7 Å². The van der Waals surface area contributed by atoms with E-state index < -0.39 is 11.7 Å². The molecule has 0 aliphatic heterocycles. The largest absolute Gasteiger partial charge is 0.417 e. The van der Waals surface area contributed by atoms with Gasteiger partial charge in [0.2, 0.25) is 4.77 Å². The molecule has 0 atom stereocenters. The van der Waals surface area contributed by atoms with E-state index in [4.69, 9.17) is 23.8 Å². The number of anilines is 2. The Bertz CT molecular complexity index is 656. The Morgan fingerprint density at radius 3 is 2.68 bits per heavy atom. The smallest absolute Gasteiger partial charge is 0.339 e. The van der Waals surface area contributed by atoms with Crippen LogP contribution in [0.15, 0.2) is 24.4 Å². The van der Waals surface area contributed by atoms with Crippen LogP contribution < -0.4 is 5.32 Å². The lowest BCUT2D eigenvalue weighted by molar-refractivity contribution is -0.137. The van der Waals surface area contributed by atoms with E-state index in [0.29, 0.717) is 0 Å². The van der Waals surface area contributed by atoms with Crippen LogP contribution in [0.3, 0.4) is 0 Å². The highest BCUT2D eigenvalue weighted by Crippen LogP contribution is 2.36. The Hall–Kier alpha value is -1.67.